The van der Waals surface area contributed by atoms with E-state index in [0.29, 0.717) is 52.1 Å². The first-order valence-electron chi connectivity index (χ1n) is 15.1. The van der Waals surface area contributed by atoms with Crippen LogP contribution in [0.15, 0.2) is 105 Å². The van der Waals surface area contributed by atoms with Gasteiger partial charge < -0.3 is 24.5 Å². The molecule has 1 heterocycles. The van der Waals surface area contributed by atoms with Crippen LogP contribution in [0, 0.1) is 6.92 Å². The number of nitrogens with one attached hydrogen (secondary N) is 1. The number of methoxy groups -OCH3 is 1. The lowest BCUT2D eigenvalue weighted by atomic mass is 10.0. The number of nitrogens with zero attached hydrogens (tertiary/aromatic N) is 3. The van der Waals surface area contributed by atoms with Crippen molar-refractivity contribution in [1.29, 1.82) is 0 Å². The first-order valence-corrected chi connectivity index (χ1v) is 15.9. The minimum atomic E-state index is -1.13. The molecule has 1 atom stereocenters. The summed E-state index contributed by atoms with van der Waals surface area (Å²) in [7, 11) is 1.59. The number of aromatic nitrogens is 1. The third kappa shape index (κ3) is 7.81. The van der Waals surface area contributed by atoms with Crippen LogP contribution in [0.2, 0.25) is 0 Å². The Bertz CT molecular complexity index is 1920. The summed E-state index contributed by atoms with van der Waals surface area (Å²) in [5.74, 6) is 0.512. The lowest BCUT2D eigenvalue weighted by molar-refractivity contribution is -0.132. The summed E-state index contributed by atoms with van der Waals surface area (Å²) in [5, 5.41) is 13.3. The first-order chi connectivity index (χ1) is 22.7. The van der Waals surface area contributed by atoms with Crippen molar-refractivity contribution in [3.05, 3.63) is 128 Å². The van der Waals surface area contributed by atoms with Crippen LogP contribution in [0.25, 0.3) is 10.9 Å². The van der Waals surface area contributed by atoms with Crippen molar-refractivity contribution in [3.63, 3.8) is 0 Å². The maximum atomic E-state index is 14.0. The number of ether oxygens (including phenoxy) is 1. The van der Waals surface area contributed by atoms with E-state index in [0.717, 1.165) is 11.1 Å². The molecule has 0 spiro atoms. The average Bonchev–Trinajstić information content (AvgIpc) is 3.08. The highest BCUT2D eigenvalue weighted by atomic mass is 79.9. The Hall–Kier alpha value is -5.16. The second-order valence-electron chi connectivity index (χ2n) is 11.0. The van der Waals surface area contributed by atoms with E-state index in [2.05, 4.69) is 26.2 Å². The van der Waals surface area contributed by atoms with Crippen LogP contribution in [-0.2, 0) is 24.3 Å². The molecule has 5 rings (SSSR count). The van der Waals surface area contributed by atoms with Crippen molar-refractivity contribution in [2.45, 2.75) is 39.4 Å². The molecule has 0 bridgehead atoms. The molecule has 10 nitrogen and oxygen atoms in total. The molecule has 0 fully saturated rings. The monoisotopic (exact) mass is 698 g/mol. The molecule has 4 aromatic carbocycles. The fraction of sp³-hybridized carbons (Fsp3) is 0.222. The third-order valence-electron chi connectivity index (χ3n) is 7.96. The normalized spacial score (nSPS) is 11.6. The number of carboxylic acid groups (broad SMARTS) is 1. The van der Waals surface area contributed by atoms with Crippen LogP contribution in [0.3, 0.4) is 0 Å². The largest absolute Gasteiger partial charge is 0.497 e. The van der Waals surface area contributed by atoms with Crippen molar-refractivity contribution in [2.24, 2.45) is 0 Å². The van der Waals surface area contributed by atoms with E-state index in [1.54, 1.807) is 49.3 Å². The highest BCUT2D eigenvalue weighted by Crippen LogP contribution is 2.30. The fourth-order valence-electron chi connectivity index (χ4n) is 5.40. The second kappa shape index (κ2) is 15.0. The summed E-state index contributed by atoms with van der Waals surface area (Å²) in [6.45, 7) is 4.54. The molecule has 242 valence electrons. The predicted octanol–water partition coefficient (Wildman–Crippen LogP) is 7.02. The average molecular weight is 700 g/mol. The Labute approximate surface area is 280 Å². The summed E-state index contributed by atoms with van der Waals surface area (Å²) in [5.41, 5.74) is 3.19. The zero-order valence-corrected chi connectivity index (χ0v) is 27.9. The predicted molar refractivity (Wildman–Crippen MR) is 185 cm³/mol. The van der Waals surface area contributed by atoms with Crippen LogP contribution in [0.1, 0.15) is 29.2 Å². The van der Waals surface area contributed by atoms with E-state index in [9.17, 15) is 19.5 Å². The number of para-hydroxylation sites is 1. The van der Waals surface area contributed by atoms with E-state index in [-0.39, 0.29) is 23.9 Å². The Kier molecular flexibility index (Phi) is 10.6. The Morgan fingerprint density at radius 1 is 0.979 bits per heavy atom. The van der Waals surface area contributed by atoms with Crippen LogP contribution in [-0.4, -0.2) is 46.7 Å². The van der Waals surface area contributed by atoms with Gasteiger partial charge in [-0.1, -0.05) is 60.7 Å². The van der Waals surface area contributed by atoms with Gasteiger partial charge in [0.15, 0.2) is 0 Å². The third-order valence-corrected chi connectivity index (χ3v) is 8.56. The van der Waals surface area contributed by atoms with Gasteiger partial charge in [0.1, 0.15) is 11.8 Å². The summed E-state index contributed by atoms with van der Waals surface area (Å²) >= 11 is 3.54. The van der Waals surface area contributed by atoms with Crippen LogP contribution in [0.4, 0.5) is 16.5 Å². The first kappa shape index (κ1) is 33.2. The molecule has 0 saturated heterocycles. The van der Waals surface area contributed by atoms with Gasteiger partial charge >= 0.3 is 11.7 Å². The Balaban J connectivity index is 1.49. The fourth-order valence-corrected chi connectivity index (χ4v) is 5.96. The number of likely N-dealkylation sites (N-methyl/N-ethyl adjacent to an activating group) is 1. The maximum absolute atomic E-state index is 14.0. The number of hydrogen-bond acceptors (Lipinski definition) is 7. The summed E-state index contributed by atoms with van der Waals surface area (Å²) in [6, 6.07) is 26.7. The molecule has 0 aliphatic rings. The number of carbonyl (C=O) groups is 2. The Morgan fingerprint density at radius 2 is 1.64 bits per heavy atom. The van der Waals surface area contributed by atoms with Gasteiger partial charge in [0.25, 0.3) is 6.01 Å². The van der Waals surface area contributed by atoms with E-state index in [1.165, 1.54) is 4.90 Å². The zero-order valence-electron chi connectivity index (χ0n) is 26.3. The summed E-state index contributed by atoms with van der Waals surface area (Å²) in [4.78, 5) is 47.3. The van der Waals surface area contributed by atoms with Gasteiger partial charge in [-0.2, -0.15) is 4.98 Å². The molecule has 1 unspecified atom stereocenters. The van der Waals surface area contributed by atoms with Crippen molar-refractivity contribution < 1.29 is 23.8 Å². The van der Waals surface area contributed by atoms with Crippen molar-refractivity contribution >= 4 is 50.5 Å². The van der Waals surface area contributed by atoms with Crippen LogP contribution < -0.4 is 20.6 Å². The molecule has 2 N–H and O–H groups in total. The number of rotatable bonds is 12. The number of halogens is 1. The lowest BCUT2D eigenvalue weighted by Crippen LogP contribution is -2.44. The number of carbonyl (C=O) groups excluding carboxylic acids is 1. The quantitative estimate of drug-likeness (QED) is 0.142. The molecule has 0 radical (unpaired) electrons. The minimum absolute atomic E-state index is 0.00582. The highest BCUT2D eigenvalue weighted by molar-refractivity contribution is 9.10. The summed E-state index contributed by atoms with van der Waals surface area (Å²) in [6.07, 6.45) is -0.834. The van der Waals surface area contributed by atoms with Gasteiger partial charge in [-0.05, 0) is 82.4 Å². The molecule has 2 amide bonds. The second-order valence-corrected chi connectivity index (χ2v) is 11.8. The van der Waals surface area contributed by atoms with Crippen molar-refractivity contribution in [2.75, 3.05) is 23.9 Å². The number of amides is 2. The minimum Gasteiger partial charge on any atom is -0.497 e. The molecule has 0 aliphatic carbocycles. The molecule has 0 aliphatic heterocycles. The molecule has 1 aromatic heterocycles. The SMILES string of the molecule is CCN(Cc1ccccc1)C(=O)C(Cc1ccc(OC)cc1)Nc1nc2c(Br)cc(CN(C(=O)O)c3ccccc3)c(C)c2c(=O)o1. The zero-order chi connectivity index (χ0) is 33.5. The number of anilines is 2. The standard InChI is InChI=1S/C36H35BrN4O6/c1-4-40(21-25-11-7-5-8-12-25)33(42)30(19-24-15-17-28(46-3)18-16-24)38-35-39-32-29(37)20-26(23(2)31(32)34(43)47-35)22-41(36(44)45)27-13-9-6-10-14-27/h5-18,20,30H,4,19,21-22H2,1-3H3,(H,38,39)(H,44,45). The van der Waals surface area contributed by atoms with Gasteiger partial charge in [0.05, 0.1) is 24.6 Å². The number of aryl methyl sites for hydroxylation is 1. The summed E-state index contributed by atoms with van der Waals surface area (Å²) < 4.78 is 11.5. The van der Waals surface area contributed by atoms with Gasteiger partial charge in [-0.15, -0.1) is 0 Å². The van der Waals surface area contributed by atoms with E-state index < -0.39 is 17.8 Å². The molecular weight excluding hydrogens is 664 g/mol. The van der Waals surface area contributed by atoms with E-state index in [1.807, 2.05) is 67.6 Å². The highest BCUT2D eigenvalue weighted by Gasteiger charge is 2.27. The van der Waals surface area contributed by atoms with Crippen molar-refractivity contribution in [3.8, 4) is 5.75 Å². The maximum Gasteiger partial charge on any atom is 0.412 e. The number of benzene rings is 4. The van der Waals surface area contributed by atoms with Gasteiger partial charge in [0, 0.05) is 29.7 Å². The van der Waals surface area contributed by atoms with Crippen LogP contribution >= 0.6 is 15.9 Å². The van der Waals surface area contributed by atoms with Gasteiger partial charge in [0.2, 0.25) is 5.91 Å². The van der Waals surface area contributed by atoms with E-state index in [4.69, 9.17) is 9.15 Å². The lowest BCUT2D eigenvalue weighted by Gasteiger charge is -2.27. The van der Waals surface area contributed by atoms with Gasteiger partial charge in [-0.3, -0.25) is 9.69 Å². The van der Waals surface area contributed by atoms with Crippen molar-refractivity contribution in [1.82, 2.24) is 9.88 Å². The number of hydrogen-bond donors (Lipinski definition) is 2. The van der Waals surface area contributed by atoms with Gasteiger partial charge in [-0.25, -0.2) is 9.59 Å². The van der Waals surface area contributed by atoms with E-state index >= 15 is 0 Å². The molecule has 47 heavy (non-hydrogen) atoms. The molecule has 0 saturated carbocycles. The topological polar surface area (TPSA) is 125 Å². The Morgan fingerprint density at radius 3 is 2.26 bits per heavy atom. The number of fused-ring (bicyclic) bond motifs is 1. The smallest absolute Gasteiger partial charge is 0.412 e. The molecular formula is C36H35BrN4O6. The van der Waals surface area contributed by atoms with Crippen LogP contribution in [0.5, 0.6) is 5.75 Å². The molecule has 5 aromatic rings. The molecule has 11 heteroatoms.